The lowest BCUT2D eigenvalue weighted by molar-refractivity contribution is -0.148. The zero-order valence-electron chi connectivity index (χ0n) is 32.4. The molecule has 3 amide bonds. The van der Waals surface area contributed by atoms with Crippen LogP contribution in [-0.2, 0) is 29.1 Å². The number of aromatic nitrogens is 2. The predicted molar refractivity (Wildman–Crippen MR) is 213 cm³/mol. The number of halogens is 1. The number of amides is 3. The van der Waals surface area contributed by atoms with Gasteiger partial charge in [-0.25, -0.2) is 18.4 Å². The number of methoxy groups -OCH3 is 1. The predicted octanol–water partition coefficient (Wildman–Crippen LogP) is 4.56. The van der Waals surface area contributed by atoms with Gasteiger partial charge in [-0.2, -0.15) is 0 Å². The third-order valence-electron chi connectivity index (χ3n) is 11.0. The molecule has 6 atom stereocenters. The Morgan fingerprint density at radius 3 is 2.57 bits per heavy atom. The number of ether oxygens (including phenoxy) is 3. The van der Waals surface area contributed by atoms with Crippen molar-refractivity contribution in [1.29, 1.82) is 0 Å². The monoisotopic (exact) mass is 828 g/mol. The van der Waals surface area contributed by atoms with Gasteiger partial charge in [-0.15, -0.1) is 17.9 Å². The highest BCUT2D eigenvalue weighted by molar-refractivity contribution is 7.91. The van der Waals surface area contributed by atoms with Gasteiger partial charge in [-0.3, -0.25) is 19.1 Å². The van der Waals surface area contributed by atoms with E-state index in [2.05, 4.69) is 35.8 Å². The fraction of sp³-hybridized carbons (Fsp3) is 0.564. The van der Waals surface area contributed by atoms with E-state index in [-0.39, 0.29) is 36.3 Å². The van der Waals surface area contributed by atoms with Crippen LogP contribution in [0.1, 0.15) is 71.9 Å². The molecule has 2 saturated carbocycles. The maximum atomic E-state index is 14.4. The molecule has 2 saturated heterocycles. The summed E-state index contributed by atoms with van der Waals surface area (Å²) in [6.45, 7) is 14.8. The van der Waals surface area contributed by atoms with E-state index in [0.29, 0.717) is 59.1 Å². The molecule has 4 aliphatic rings. The second-order valence-corrected chi connectivity index (χ2v) is 19.7. The highest BCUT2D eigenvalue weighted by atomic mass is 35.5. The van der Waals surface area contributed by atoms with E-state index in [1.807, 2.05) is 32.2 Å². The summed E-state index contributed by atoms with van der Waals surface area (Å²) in [6.07, 6.45) is 2.08. The fourth-order valence-corrected chi connectivity index (χ4v) is 10.1. The number of hydrogen-bond acceptors (Lipinski definition) is 12. The summed E-state index contributed by atoms with van der Waals surface area (Å²) in [6, 6.07) is 3.17. The Balaban J connectivity index is 1.24. The molecule has 17 heteroatoms. The molecule has 4 fully saturated rings. The van der Waals surface area contributed by atoms with Crippen LogP contribution >= 0.6 is 22.9 Å². The van der Waals surface area contributed by atoms with Crippen molar-refractivity contribution in [2.75, 3.05) is 26.9 Å². The van der Waals surface area contributed by atoms with Crippen LogP contribution in [0.2, 0.25) is 5.02 Å². The number of fused-ring (bicyclic) bond motifs is 2. The molecule has 14 nitrogen and oxygen atoms in total. The molecule has 56 heavy (non-hydrogen) atoms. The van der Waals surface area contributed by atoms with Gasteiger partial charge in [0, 0.05) is 42.8 Å². The van der Waals surface area contributed by atoms with Crippen molar-refractivity contribution in [1.82, 2.24) is 30.2 Å². The normalized spacial score (nSPS) is 26.2. The smallest absolute Gasteiger partial charge is 0.259 e. The van der Waals surface area contributed by atoms with E-state index >= 15 is 0 Å². The van der Waals surface area contributed by atoms with Gasteiger partial charge >= 0.3 is 0 Å². The minimum atomic E-state index is -3.88. The number of carbonyl (C=O) groups is 3. The zero-order valence-corrected chi connectivity index (χ0v) is 34.8. The molecule has 2 aliphatic heterocycles. The molecule has 0 bridgehead atoms. The maximum absolute atomic E-state index is 14.4. The largest absolute Gasteiger partial charge is 0.490 e. The first-order valence-corrected chi connectivity index (χ1v) is 21.7. The lowest BCUT2D eigenvalue weighted by Crippen LogP contribution is -2.67. The molecular weight excluding hydrogens is 780 g/mol. The Hall–Kier alpha value is -3.83. The molecule has 0 radical (unpaired) electrons. The van der Waals surface area contributed by atoms with E-state index in [1.165, 1.54) is 17.4 Å². The number of carbonyl (C=O) groups excluding carboxylic acids is 3. The van der Waals surface area contributed by atoms with Crippen molar-refractivity contribution >= 4 is 61.6 Å². The van der Waals surface area contributed by atoms with Gasteiger partial charge in [0.15, 0.2) is 0 Å². The Morgan fingerprint density at radius 2 is 1.95 bits per heavy atom. The van der Waals surface area contributed by atoms with Gasteiger partial charge < -0.3 is 29.7 Å². The van der Waals surface area contributed by atoms with Crippen molar-refractivity contribution in [3.05, 3.63) is 47.0 Å². The van der Waals surface area contributed by atoms with E-state index in [1.54, 1.807) is 24.1 Å². The summed E-state index contributed by atoms with van der Waals surface area (Å²) in [5.41, 5.74) is -0.0992. The van der Waals surface area contributed by atoms with Crippen LogP contribution in [-0.4, -0.2) is 103 Å². The molecule has 4 heterocycles. The quantitative estimate of drug-likeness (QED) is 0.153. The summed E-state index contributed by atoms with van der Waals surface area (Å²) in [5.74, 6) is -1.06. The highest BCUT2D eigenvalue weighted by Gasteiger charge is 2.63. The molecule has 1 aromatic carbocycles. The Morgan fingerprint density at radius 1 is 1.20 bits per heavy atom. The summed E-state index contributed by atoms with van der Waals surface area (Å²) in [7, 11) is -2.29. The van der Waals surface area contributed by atoms with Gasteiger partial charge in [0.05, 0.1) is 35.2 Å². The highest BCUT2D eigenvalue weighted by Crippen LogP contribution is 2.46. The third-order valence-corrected chi connectivity index (χ3v) is 14.1. The van der Waals surface area contributed by atoms with Gasteiger partial charge in [-0.1, -0.05) is 52.3 Å². The first kappa shape index (κ1) is 40.4. The number of pyridine rings is 1. The topological polar surface area (TPSA) is 178 Å². The molecule has 0 spiro atoms. The van der Waals surface area contributed by atoms with E-state index < -0.39 is 68.2 Å². The van der Waals surface area contributed by atoms with Crippen LogP contribution in [0.15, 0.2) is 36.2 Å². The van der Waals surface area contributed by atoms with E-state index in [0.717, 1.165) is 5.69 Å². The summed E-state index contributed by atoms with van der Waals surface area (Å²) in [4.78, 5) is 53.7. The number of thiazole rings is 1. The van der Waals surface area contributed by atoms with Crippen molar-refractivity contribution in [2.45, 2.75) is 101 Å². The Kier molecular flexibility index (Phi) is 10.9. The molecule has 0 unspecified atom stereocenters. The van der Waals surface area contributed by atoms with Gasteiger partial charge in [-0.05, 0) is 42.7 Å². The average molecular weight is 829 g/mol. The summed E-state index contributed by atoms with van der Waals surface area (Å²) >= 11 is 8.41. The van der Waals surface area contributed by atoms with Crippen molar-refractivity contribution < 1.29 is 37.0 Å². The molecule has 3 aromatic rings. The van der Waals surface area contributed by atoms with E-state index in [4.69, 9.17) is 35.8 Å². The molecule has 302 valence electrons. The van der Waals surface area contributed by atoms with Crippen molar-refractivity contribution in [3.63, 3.8) is 0 Å². The molecule has 7 rings (SSSR count). The number of piperazine rings is 1. The number of hydrogen-bond donors (Lipinski definition) is 3. The minimum Gasteiger partial charge on any atom is -0.490 e. The second kappa shape index (κ2) is 15.2. The fourth-order valence-electron chi connectivity index (χ4n) is 7.57. The minimum absolute atomic E-state index is 0.0947. The van der Waals surface area contributed by atoms with Crippen LogP contribution in [0.25, 0.3) is 21.6 Å². The molecule has 2 aliphatic carbocycles. The molecule has 2 aromatic heterocycles. The average Bonchev–Trinajstić information content (AvgIpc) is 4.03. The number of nitrogens with one attached hydrogen (secondary N) is 3. The number of nitrogens with zero attached hydrogens (tertiary/aromatic N) is 3. The van der Waals surface area contributed by atoms with Crippen LogP contribution in [0, 0.1) is 11.3 Å². The van der Waals surface area contributed by atoms with Gasteiger partial charge in [0.1, 0.15) is 51.5 Å². The van der Waals surface area contributed by atoms with Crippen LogP contribution in [0.3, 0.4) is 0 Å². The lowest BCUT2D eigenvalue weighted by atomic mass is 9.84. The van der Waals surface area contributed by atoms with Gasteiger partial charge in [0.25, 0.3) is 5.91 Å². The van der Waals surface area contributed by atoms with Crippen LogP contribution in [0.4, 0.5) is 0 Å². The summed E-state index contributed by atoms with van der Waals surface area (Å²) < 4.78 is 45.6. The zero-order chi connectivity index (χ0) is 40.3. The Labute approximate surface area is 336 Å². The van der Waals surface area contributed by atoms with Gasteiger partial charge in [0.2, 0.25) is 21.8 Å². The number of benzene rings is 1. The third kappa shape index (κ3) is 7.62. The summed E-state index contributed by atoms with van der Waals surface area (Å²) in [5, 5.41) is 9.20. The molecule has 3 N–H and O–H groups in total. The maximum Gasteiger partial charge on any atom is 0.259 e. The number of rotatable bonds is 14. The van der Waals surface area contributed by atoms with E-state index in [9.17, 15) is 22.8 Å². The van der Waals surface area contributed by atoms with Crippen LogP contribution in [0.5, 0.6) is 11.5 Å². The number of sulfonamides is 1. The van der Waals surface area contributed by atoms with Crippen molar-refractivity contribution in [2.24, 2.45) is 11.3 Å². The standard InChI is InChI=1S/C39H49ClN6O8S2/c1-8-21-17-39(21,37(49)45-56(50,51)22-9-10-22)44-34(47)26-16-30(27-18-41-33(38(4,5)6)36(48)46(26)27)54-29-15-24(35-43-25(19-55-35)20(2)3)42-32-23(29)11-12-28(31(32)40)53-14-13-52-7/h8,11-12,15,19-22,26-27,30,33,41H,1,9-10,13-14,16-18H2,2-7H3,(H,44,47)(H,45,49)/t21-,26+,27-,30-,33+,39-/m1/s1. The Bertz CT molecular complexity index is 2170. The van der Waals surface area contributed by atoms with Crippen molar-refractivity contribution in [3.8, 4) is 22.2 Å². The van der Waals surface area contributed by atoms with Crippen LogP contribution < -0.4 is 24.8 Å². The molecular formula is C39H49ClN6O8S2. The second-order valence-electron chi connectivity index (χ2n) is 16.5. The lowest BCUT2D eigenvalue weighted by Gasteiger charge is -2.43. The first-order chi connectivity index (χ1) is 26.5. The first-order valence-electron chi connectivity index (χ1n) is 18.9. The SMILES string of the molecule is C=C[C@@H]1C[C@]1(NC(=O)[C@@H]1C[C@@H](Oc2cc(-c3nc(C(C)C)cs3)nc3c(Cl)c(OCCOC)ccc23)[C@H]2CN[C@H](C(C)(C)C)C(=O)N21)C(=O)NS(=O)(=O)C1CC1.